The normalized spacial score (nSPS) is 22.3. The molecule has 5 heteroatoms. The molecule has 0 saturated carbocycles. The molecule has 1 saturated heterocycles. The lowest BCUT2D eigenvalue weighted by molar-refractivity contribution is -0.128. The second-order valence-electron chi connectivity index (χ2n) is 4.32. The second kappa shape index (κ2) is 4.14. The van der Waals surface area contributed by atoms with Gasteiger partial charge in [-0.3, -0.25) is 4.79 Å². The number of carbonyl (C=O) groups excluding carboxylic acids is 1. The third-order valence-corrected chi connectivity index (χ3v) is 3.35. The molecular weight excluding hydrogens is 238 g/mol. The van der Waals surface area contributed by atoms with Gasteiger partial charge in [0.05, 0.1) is 0 Å². The highest BCUT2D eigenvalue weighted by Gasteiger charge is 2.27. The summed E-state index contributed by atoms with van der Waals surface area (Å²) >= 11 is 4.34. The van der Waals surface area contributed by atoms with Crippen LogP contribution in [0.15, 0.2) is 18.2 Å². The first-order valence-corrected chi connectivity index (χ1v) is 6.08. The predicted octanol–water partition coefficient (Wildman–Crippen LogP) is 1.45. The fourth-order valence-electron chi connectivity index (χ4n) is 2.16. The van der Waals surface area contributed by atoms with Crippen molar-refractivity contribution in [2.24, 2.45) is 0 Å². The van der Waals surface area contributed by atoms with Crippen LogP contribution in [0, 0.1) is 0 Å². The number of thiol groups is 1. The average molecular weight is 251 g/mol. The Morgan fingerprint density at radius 1 is 1.35 bits per heavy atom. The number of amides is 1. The lowest BCUT2D eigenvalue weighted by Crippen LogP contribution is -2.24. The Morgan fingerprint density at radius 2 is 2.18 bits per heavy atom. The molecule has 0 aliphatic carbocycles. The Hall–Kier alpha value is -1.36. The summed E-state index contributed by atoms with van der Waals surface area (Å²) in [5.74, 6) is 1.70. The monoisotopic (exact) mass is 251 g/mol. The van der Waals surface area contributed by atoms with E-state index in [0.29, 0.717) is 13.0 Å². The van der Waals surface area contributed by atoms with Gasteiger partial charge < -0.3 is 14.4 Å². The van der Waals surface area contributed by atoms with Gasteiger partial charge in [-0.15, -0.1) is 0 Å². The molecule has 1 aromatic rings. The van der Waals surface area contributed by atoms with Crippen molar-refractivity contribution < 1.29 is 14.3 Å². The van der Waals surface area contributed by atoms with Gasteiger partial charge in [0, 0.05) is 24.8 Å². The maximum absolute atomic E-state index is 11.6. The van der Waals surface area contributed by atoms with Crippen LogP contribution in [0.5, 0.6) is 11.5 Å². The van der Waals surface area contributed by atoms with Crippen molar-refractivity contribution in [3.63, 3.8) is 0 Å². The highest BCUT2D eigenvalue weighted by atomic mass is 32.1. The molecular formula is C12H13NO3S. The van der Waals surface area contributed by atoms with Crippen LogP contribution in [0.1, 0.15) is 12.0 Å². The van der Waals surface area contributed by atoms with Crippen molar-refractivity contribution in [3.8, 4) is 11.5 Å². The molecule has 1 atom stereocenters. The molecule has 0 radical (unpaired) electrons. The van der Waals surface area contributed by atoms with Crippen LogP contribution in [-0.2, 0) is 11.3 Å². The molecule has 2 aliphatic rings. The van der Waals surface area contributed by atoms with E-state index in [2.05, 4.69) is 12.6 Å². The summed E-state index contributed by atoms with van der Waals surface area (Å²) in [6.45, 7) is 1.61. The summed E-state index contributed by atoms with van der Waals surface area (Å²) in [6.07, 6.45) is 0.535. The zero-order valence-electron chi connectivity index (χ0n) is 9.26. The molecule has 4 nitrogen and oxygen atoms in total. The van der Waals surface area contributed by atoms with Crippen molar-refractivity contribution in [1.82, 2.24) is 4.90 Å². The molecule has 3 rings (SSSR count). The molecule has 0 spiro atoms. The highest BCUT2D eigenvalue weighted by molar-refractivity contribution is 7.81. The zero-order valence-corrected chi connectivity index (χ0v) is 10.2. The van der Waals surface area contributed by atoms with Gasteiger partial charge in [0.2, 0.25) is 12.7 Å². The molecule has 2 aliphatic heterocycles. The molecule has 1 fully saturated rings. The van der Waals surface area contributed by atoms with Crippen LogP contribution in [0.3, 0.4) is 0 Å². The van der Waals surface area contributed by atoms with E-state index >= 15 is 0 Å². The summed E-state index contributed by atoms with van der Waals surface area (Å²) < 4.78 is 10.6. The van der Waals surface area contributed by atoms with Crippen molar-refractivity contribution in [2.45, 2.75) is 18.2 Å². The van der Waals surface area contributed by atoms with Crippen LogP contribution in [-0.4, -0.2) is 29.4 Å². The van der Waals surface area contributed by atoms with Gasteiger partial charge in [-0.1, -0.05) is 6.07 Å². The Balaban J connectivity index is 1.75. The van der Waals surface area contributed by atoms with Gasteiger partial charge >= 0.3 is 0 Å². The molecule has 0 bridgehead atoms. The van der Waals surface area contributed by atoms with Crippen LogP contribution in [0.4, 0.5) is 0 Å². The van der Waals surface area contributed by atoms with Crippen molar-refractivity contribution in [3.05, 3.63) is 23.8 Å². The number of likely N-dealkylation sites (tertiary alicyclic amines) is 1. The van der Waals surface area contributed by atoms with E-state index in [0.717, 1.165) is 23.6 Å². The number of nitrogens with zero attached hydrogens (tertiary/aromatic N) is 1. The third kappa shape index (κ3) is 2.07. The largest absolute Gasteiger partial charge is 0.454 e. The fraction of sp³-hybridized carbons (Fsp3) is 0.417. The Labute approximate surface area is 105 Å². The molecule has 0 N–H and O–H groups in total. The molecule has 1 unspecified atom stereocenters. The average Bonchev–Trinajstić information content (AvgIpc) is 2.85. The van der Waals surface area contributed by atoms with E-state index < -0.39 is 0 Å². The summed E-state index contributed by atoms with van der Waals surface area (Å²) in [6, 6.07) is 5.78. The standard InChI is InChI=1S/C12H13NO3S/c14-12-4-9(17)6-13(12)5-8-1-2-10-11(3-8)16-7-15-10/h1-3,9,17H,4-7H2. The first-order chi connectivity index (χ1) is 8.22. The first kappa shape index (κ1) is 10.8. The topological polar surface area (TPSA) is 38.8 Å². The molecule has 0 aromatic heterocycles. The Kier molecular flexibility index (Phi) is 2.63. The van der Waals surface area contributed by atoms with E-state index in [1.54, 1.807) is 0 Å². The van der Waals surface area contributed by atoms with Crippen molar-refractivity contribution in [2.75, 3.05) is 13.3 Å². The minimum Gasteiger partial charge on any atom is -0.454 e. The van der Waals surface area contributed by atoms with Gasteiger partial charge in [-0.2, -0.15) is 12.6 Å². The van der Waals surface area contributed by atoms with Crippen molar-refractivity contribution in [1.29, 1.82) is 0 Å². The van der Waals surface area contributed by atoms with Crippen molar-refractivity contribution >= 4 is 18.5 Å². The lowest BCUT2D eigenvalue weighted by atomic mass is 10.2. The quantitative estimate of drug-likeness (QED) is 0.808. The Bertz CT molecular complexity index is 463. The predicted molar refractivity (Wildman–Crippen MR) is 65.4 cm³/mol. The van der Waals surface area contributed by atoms with E-state index in [1.165, 1.54) is 0 Å². The Morgan fingerprint density at radius 3 is 2.94 bits per heavy atom. The van der Waals surface area contributed by atoms with Gasteiger partial charge in [0.25, 0.3) is 0 Å². The minimum absolute atomic E-state index is 0.163. The molecule has 90 valence electrons. The van der Waals surface area contributed by atoms with Gasteiger partial charge in [0.1, 0.15) is 0 Å². The van der Waals surface area contributed by atoms with Crippen LogP contribution in [0.25, 0.3) is 0 Å². The molecule has 1 aromatic carbocycles. The summed E-state index contributed by atoms with van der Waals surface area (Å²) in [7, 11) is 0. The summed E-state index contributed by atoms with van der Waals surface area (Å²) in [5, 5.41) is 0.163. The molecule has 17 heavy (non-hydrogen) atoms. The number of ether oxygens (including phenoxy) is 2. The SMILES string of the molecule is O=C1CC(S)CN1Cc1ccc2c(c1)OCO2. The molecule has 1 amide bonds. The lowest BCUT2D eigenvalue weighted by Gasteiger charge is -2.16. The van der Waals surface area contributed by atoms with E-state index in [1.807, 2.05) is 23.1 Å². The van der Waals surface area contributed by atoms with Crippen LogP contribution in [0.2, 0.25) is 0 Å². The number of benzene rings is 1. The number of carbonyl (C=O) groups is 1. The third-order valence-electron chi connectivity index (χ3n) is 3.00. The fourth-order valence-corrected chi connectivity index (χ4v) is 2.52. The van der Waals surface area contributed by atoms with E-state index in [-0.39, 0.29) is 18.0 Å². The smallest absolute Gasteiger partial charge is 0.231 e. The zero-order chi connectivity index (χ0) is 11.8. The maximum atomic E-state index is 11.6. The van der Waals surface area contributed by atoms with Crippen LogP contribution >= 0.6 is 12.6 Å². The minimum atomic E-state index is 0.163. The van der Waals surface area contributed by atoms with Crippen LogP contribution < -0.4 is 9.47 Å². The van der Waals surface area contributed by atoms with E-state index in [9.17, 15) is 4.79 Å². The number of hydrogen-bond acceptors (Lipinski definition) is 4. The molecule has 2 heterocycles. The number of hydrogen-bond donors (Lipinski definition) is 1. The first-order valence-electron chi connectivity index (χ1n) is 5.57. The second-order valence-corrected chi connectivity index (χ2v) is 5.05. The van der Waals surface area contributed by atoms with Gasteiger partial charge in [0.15, 0.2) is 11.5 Å². The van der Waals surface area contributed by atoms with E-state index in [4.69, 9.17) is 9.47 Å². The number of rotatable bonds is 2. The highest BCUT2D eigenvalue weighted by Crippen LogP contribution is 2.33. The number of fused-ring (bicyclic) bond motifs is 1. The summed E-state index contributed by atoms with van der Waals surface area (Å²) in [5.41, 5.74) is 1.06. The van der Waals surface area contributed by atoms with Gasteiger partial charge in [-0.05, 0) is 17.7 Å². The summed E-state index contributed by atoms with van der Waals surface area (Å²) in [4.78, 5) is 13.5. The maximum Gasteiger partial charge on any atom is 0.231 e. The van der Waals surface area contributed by atoms with Gasteiger partial charge in [-0.25, -0.2) is 0 Å².